The van der Waals surface area contributed by atoms with E-state index in [0.29, 0.717) is 0 Å². The number of rotatable bonds is 1. The van der Waals surface area contributed by atoms with Crippen LogP contribution < -0.4 is 5.32 Å². The molecule has 1 amide bonds. The second-order valence-corrected chi connectivity index (χ2v) is 5.08. The molecule has 2 saturated heterocycles. The molecule has 2 fully saturated rings. The van der Waals surface area contributed by atoms with Crippen LogP contribution in [0.1, 0.15) is 20.8 Å². The summed E-state index contributed by atoms with van der Waals surface area (Å²) in [6, 6.07) is -0.905. The van der Waals surface area contributed by atoms with Gasteiger partial charge in [-0.25, -0.2) is 0 Å². The van der Waals surface area contributed by atoms with Crippen LogP contribution in [0.4, 0.5) is 0 Å². The predicted molar refractivity (Wildman–Crippen MR) is 59.4 cm³/mol. The fraction of sp³-hybridized carbons (Fsp3) is 0.909. The first kappa shape index (κ1) is 13.7. The smallest absolute Gasteiger partial charge is 0.217 e. The normalized spacial score (nSPS) is 43.1. The van der Waals surface area contributed by atoms with Crippen LogP contribution in [0.2, 0.25) is 0 Å². The Labute approximate surface area is 105 Å². The number of fused-ring (bicyclic) bond motifs is 1. The van der Waals surface area contributed by atoms with Crippen LogP contribution in [-0.4, -0.2) is 59.2 Å². The Balaban J connectivity index is 2.12. The molecular weight excluding hydrogens is 242 g/mol. The van der Waals surface area contributed by atoms with Crippen LogP contribution in [0, 0.1) is 0 Å². The van der Waals surface area contributed by atoms with Crippen molar-refractivity contribution < 1.29 is 29.2 Å². The average Bonchev–Trinajstić information content (AvgIpc) is 2.25. The molecule has 7 nitrogen and oxygen atoms in total. The molecule has 2 aliphatic rings. The number of aliphatic hydroxyl groups excluding tert-OH is 2. The molecule has 0 bridgehead atoms. The zero-order chi connectivity index (χ0) is 13.5. The van der Waals surface area contributed by atoms with Gasteiger partial charge in [-0.1, -0.05) is 0 Å². The van der Waals surface area contributed by atoms with Gasteiger partial charge in [0, 0.05) is 6.92 Å². The lowest BCUT2D eigenvalue weighted by Gasteiger charge is -2.48. The number of hydrogen-bond donors (Lipinski definition) is 3. The highest BCUT2D eigenvalue weighted by molar-refractivity contribution is 5.73. The van der Waals surface area contributed by atoms with Crippen molar-refractivity contribution in [3.63, 3.8) is 0 Å². The van der Waals surface area contributed by atoms with E-state index in [4.69, 9.17) is 14.2 Å². The summed E-state index contributed by atoms with van der Waals surface area (Å²) < 4.78 is 16.3. The van der Waals surface area contributed by atoms with E-state index >= 15 is 0 Å². The second kappa shape index (κ2) is 4.75. The molecule has 0 radical (unpaired) electrons. The maximum Gasteiger partial charge on any atom is 0.217 e. The Bertz CT molecular complexity index is 333. The summed E-state index contributed by atoms with van der Waals surface area (Å²) in [6.45, 7) is 4.99. The number of hydrogen-bond acceptors (Lipinski definition) is 6. The van der Waals surface area contributed by atoms with E-state index in [1.54, 1.807) is 13.8 Å². The van der Waals surface area contributed by atoms with E-state index in [1.807, 2.05) is 0 Å². The molecule has 5 atom stereocenters. The molecule has 0 aliphatic carbocycles. The lowest BCUT2D eigenvalue weighted by Crippen LogP contribution is -2.67. The van der Waals surface area contributed by atoms with Crippen LogP contribution in [-0.2, 0) is 19.0 Å². The topological polar surface area (TPSA) is 97.3 Å². The molecule has 0 saturated carbocycles. The van der Waals surface area contributed by atoms with Crippen molar-refractivity contribution in [3.8, 4) is 0 Å². The molecule has 2 rings (SSSR count). The molecule has 3 N–H and O–H groups in total. The first-order valence-electron chi connectivity index (χ1n) is 5.90. The minimum Gasteiger partial charge on any atom is -0.388 e. The first-order valence-corrected chi connectivity index (χ1v) is 5.90. The molecular formula is C11H19NO6. The SMILES string of the molecule is CC(=O)N[C@H]1[C@@H](O)[C@@H]2OC(C)(C)OC[C@H]2O[C@H]1O. The highest BCUT2D eigenvalue weighted by Crippen LogP contribution is 2.31. The van der Waals surface area contributed by atoms with E-state index in [2.05, 4.69) is 5.32 Å². The Kier molecular flexibility index (Phi) is 3.61. The molecule has 2 aliphatic heterocycles. The fourth-order valence-electron chi connectivity index (χ4n) is 2.25. The molecule has 2 heterocycles. The highest BCUT2D eigenvalue weighted by atomic mass is 16.7. The third kappa shape index (κ3) is 2.65. The van der Waals surface area contributed by atoms with Gasteiger partial charge in [-0.05, 0) is 13.8 Å². The third-order valence-corrected chi connectivity index (χ3v) is 3.08. The quantitative estimate of drug-likeness (QED) is 0.544. The van der Waals surface area contributed by atoms with Gasteiger partial charge in [-0.3, -0.25) is 4.79 Å². The van der Waals surface area contributed by atoms with E-state index in [1.165, 1.54) is 6.92 Å². The molecule has 18 heavy (non-hydrogen) atoms. The van der Waals surface area contributed by atoms with E-state index < -0.39 is 36.4 Å². The van der Waals surface area contributed by atoms with Gasteiger partial charge in [0.1, 0.15) is 24.4 Å². The van der Waals surface area contributed by atoms with Crippen LogP contribution in [0.25, 0.3) is 0 Å². The lowest BCUT2D eigenvalue weighted by atomic mass is 9.95. The van der Waals surface area contributed by atoms with Crippen molar-refractivity contribution in [3.05, 3.63) is 0 Å². The lowest BCUT2D eigenvalue weighted by molar-refractivity contribution is -0.364. The summed E-state index contributed by atoms with van der Waals surface area (Å²) in [5.74, 6) is -1.18. The van der Waals surface area contributed by atoms with E-state index in [0.717, 1.165) is 0 Å². The molecule has 0 aromatic heterocycles. The minimum atomic E-state index is -1.28. The number of amides is 1. The van der Waals surface area contributed by atoms with Crippen molar-refractivity contribution in [1.82, 2.24) is 5.32 Å². The van der Waals surface area contributed by atoms with Gasteiger partial charge in [-0.15, -0.1) is 0 Å². The summed E-state index contributed by atoms with van der Waals surface area (Å²) in [5.41, 5.74) is 0. The monoisotopic (exact) mass is 261 g/mol. The number of aliphatic hydroxyl groups is 2. The maximum absolute atomic E-state index is 11.0. The van der Waals surface area contributed by atoms with Gasteiger partial charge in [0.2, 0.25) is 5.91 Å². The Hall–Kier alpha value is -0.730. The van der Waals surface area contributed by atoms with Crippen LogP contribution >= 0.6 is 0 Å². The second-order valence-electron chi connectivity index (χ2n) is 5.08. The average molecular weight is 261 g/mol. The largest absolute Gasteiger partial charge is 0.388 e. The van der Waals surface area contributed by atoms with Crippen molar-refractivity contribution in [1.29, 1.82) is 0 Å². The number of carbonyl (C=O) groups excluding carboxylic acids is 1. The molecule has 0 aromatic rings. The number of carbonyl (C=O) groups is 1. The first-order chi connectivity index (χ1) is 8.30. The molecule has 7 heteroatoms. The van der Waals surface area contributed by atoms with Crippen LogP contribution in [0.15, 0.2) is 0 Å². The minimum absolute atomic E-state index is 0.221. The molecule has 0 aromatic carbocycles. The van der Waals surface area contributed by atoms with Crippen molar-refractivity contribution in [2.45, 2.75) is 57.2 Å². The van der Waals surface area contributed by atoms with Gasteiger partial charge >= 0.3 is 0 Å². The van der Waals surface area contributed by atoms with Crippen molar-refractivity contribution in [2.24, 2.45) is 0 Å². The summed E-state index contributed by atoms with van der Waals surface area (Å²) in [4.78, 5) is 11.0. The Morgan fingerprint density at radius 1 is 1.39 bits per heavy atom. The maximum atomic E-state index is 11.0. The number of ether oxygens (including phenoxy) is 3. The van der Waals surface area contributed by atoms with Gasteiger partial charge < -0.3 is 29.7 Å². The van der Waals surface area contributed by atoms with Crippen LogP contribution in [0.3, 0.4) is 0 Å². The van der Waals surface area contributed by atoms with Gasteiger partial charge in [0.25, 0.3) is 0 Å². The summed E-state index contributed by atoms with van der Waals surface area (Å²) in [5, 5.41) is 22.4. The van der Waals surface area contributed by atoms with Gasteiger partial charge in [0.05, 0.1) is 6.61 Å². The summed E-state index contributed by atoms with van der Waals surface area (Å²) in [6.07, 6.45) is -3.52. The fourth-order valence-corrected chi connectivity index (χ4v) is 2.25. The summed E-state index contributed by atoms with van der Waals surface area (Å²) in [7, 11) is 0. The molecule has 104 valence electrons. The zero-order valence-electron chi connectivity index (χ0n) is 10.6. The van der Waals surface area contributed by atoms with E-state index in [9.17, 15) is 15.0 Å². The highest BCUT2D eigenvalue weighted by Gasteiger charge is 2.50. The summed E-state index contributed by atoms with van der Waals surface area (Å²) >= 11 is 0. The standard InChI is InChI=1S/C11H19NO6/c1-5(13)12-7-8(14)9-6(17-10(7)15)4-16-11(2,3)18-9/h6-10,14-15H,4H2,1-3H3,(H,12,13)/t6-,7+,8-,9-,10-/m1/s1. The van der Waals surface area contributed by atoms with Crippen molar-refractivity contribution >= 4 is 5.91 Å². The van der Waals surface area contributed by atoms with Gasteiger partial charge in [0.15, 0.2) is 12.1 Å². The predicted octanol–water partition coefficient (Wildman–Crippen LogP) is -1.28. The van der Waals surface area contributed by atoms with Gasteiger partial charge in [-0.2, -0.15) is 0 Å². The Morgan fingerprint density at radius 3 is 2.67 bits per heavy atom. The van der Waals surface area contributed by atoms with E-state index in [-0.39, 0.29) is 12.5 Å². The molecule has 0 unspecified atom stereocenters. The third-order valence-electron chi connectivity index (χ3n) is 3.08. The Morgan fingerprint density at radius 2 is 2.06 bits per heavy atom. The number of nitrogens with one attached hydrogen (secondary N) is 1. The van der Waals surface area contributed by atoms with Crippen molar-refractivity contribution in [2.75, 3.05) is 6.61 Å². The zero-order valence-corrected chi connectivity index (χ0v) is 10.6. The van der Waals surface area contributed by atoms with Crippen LogP contribution in [0.5, 0.6) is 0 Å². The molecule has 0 spiro atoms.